The summed E-state index contributed by atoms with van der Waals surface area (Å²) in [6.45, 7) is 0. The van der Waals surface area contributed by atoms with Gasteiger partial charge in [-0.15, -0.1) is 0 Å². The third-order valence-corrected chi connectivity index (χ3v) is 4.15. The fourth-order valence-electron chi connectivity index (χ4n) is 3.14. The van der Waals surface area contributed by atoms with E-state index in [-0.39, 0.29) is 6.07 Å². The van der Waals surface area contributed by atoms with Crippen molar-refractivity contribution in [2.75, 3.05) is 4.90 Å². The molecule has 2 amide bonds. The van der Waals surface area contributed by atoms with Crippen molar-refractivity contribution < 1.29 is 27.2 Å². The number of halogens is 4. The number of hydrogen-bond donors (Lipinski definition) is 0. The van der Waals surface area contributed by atoms with Gasteiger partial charge in [0.05, 0.1) is 11.8 Å². The maximum atomic E-state index is 13.8. The minimum atomic E-state index is -1.90. The Morgan fingerprint density at radius 2 is 1.38 bits per heavy atom. The highest BCUT2D eigenvalue weighted by Gasteiger charge is 2.50. The van der Waals surface area contributed by atoms with Gasteiger partial charge >= 0.3 is 0 Å². The Balaban J connectivity index is 2.11. The van der Waals surface area contributed by atoms with E-state index in [9.17, 15) is 27.2 Å². The Morgan fingerprint density at radius 3 is 1.90 bits per heavy atom. The van der Waals surface area contributed by atoms with Crippen molar-refractivity contribution in [3.05, 3.63) is 29.3 Å². The zero-order valence-electron chi connectivity index (χ0n) is 10.8. The van der Waals surface area contributed by atoms with Crippen molar-refractivity contribution in [1.29, 1.82) is 0 Å². The van der Waals surface area contributed by atoms with Gasteiger partial charge in [0.25, 0.3) is 0 Å². The number of anilines is 1. The topological polar surface area (TPSA) is 37.4 Å². The Kier molecular flexibility index (Phi) is 3.22. The standard InChI is InChI=1S/C14H11F4NO2/c15-8-5-9(16)12(11(18)10(8)17)19-13(20)6-3-1-2-4-7(6)14(19)21/h5-7H,1-4H2. The van der Waals surface area contributed by atoms with Gasteiger partial charge in [-0.1, -0.05) is 12.8 Å². The second kappa shape index (κ2) is 4.82. The normalized spacial score (nSPS) is 25.4. The first-order valence-electron chi connectivity index (χ1n) is 6.64. The van der Waals surface area contributed by atoms with Crippen molar-refractivity contribution >= 4 is 17.5 Å². The Hall–Kier alpha value is -1.92. The van der Waals surface area contributed by atoms with Crippen LogP contribution in [0.25, 0.3) is 0 Å². The number of nitrogens with zero attached hydrogens (tertiary/aromatic N) is 1. The van der Waals surface area contributed by atoms with Crippen LogP contribution >= 0.6 is 0 Å². The van der Waals surface area contributed by atoms with Crippen LogP contribution in [-0.2, 0) is 9.59 Å². The smallest absolute Gasteiger partial charge is 0.237 e. The van der Waals surface area contributed by atoms with E-state index < -0.39 is 52.6 Å². The molecular weight excluding hydrogens is 290 g/mol. The average molecular weight is 301 g/mol. The highest BCUT2D eigenvalue weighted by atomic mass is 19.2. The summed E-state index contributed by atoms with van der Waals surface area (Å²) in [5.41, 5.74) is -1.11. The van der Waals surface area contributed by atoms with Gasteiger partial charge in [-0.3, -0.25) is 9.59 Å². The largest absolute Gasteiger partial charge is 0.274 e. The molecule has 112 valence electrons. The molecule has 3 rings (SSSR count). The maximum absolute atomic E-state index is 13.8. The zero-order valence-corrected chi connectivity index (χ0v) is 10.8. The van der Waals surface area contributed by atoms with Crippen LogP contribution in [0.3, 0.4) is 0 Å². The van der Waals surface area contributed by atoms with Gasteiger partial charge < -0.3 is 0 Å². The van der Waals surface area contributed by atoms with E-state index in [1.807, 2.05) is 0 Å². The molecule has 0 radical (unpaired) electrons. The monoisotopic (exact) mass is 301 g/mol. The van der Waals surface area contributed by atoms with E-state index in [0.717, 1.165) is 12.8 Å². The van der Waals surface area contributed by atoms with Crippen LogP contribution in [0.2, 0.25) is 0 Å². The van der Waals surface area contributed by atoms with E-state index in [1.165, 1.54) is 0 Å². The van der Waals surface area contributed by atoms with E-state index in [4.69, 9.17) is 0 Å². The quantitative estimate of drug-likeness (QED) is 0.346. The lowest BCUT2D eigenvalue weighted by atomic mass is 9.81. The molecule has 0 N–H and O–H groups in total. The highest BCUT2D eigenvalue weighted by Crippen LogP contribution is 2.41. The van der Waals surface area contributed by atoms with E-state index in [1.54, 1.807) is 0 Å². The molecule has 0 bridgehead atoms. The number of imide groups is 1. The second-order valence-electron chi connectivity index (χ2n) is 5.33. The first kappa shape index (κ1) is 14.0. The fourth-order valence-corrected chi connectivity index (χ4v) is 3.14. The number of hydrogen-bond acceptors (Lipinski definition) is 2. The summed E-state index contributed by atoms with van der Waals surface area (Å²) in [6, 6.07) is 0.135. The summed E-state index contributed by atoms with van der Waals surface area (Å²) in [5, 5.41) is 0. The molecule has 2 aliphatic rings. The molecule has 2 unspecified atom stereocenters. The third-order valence-electron chi connectivity index (χ3n) is 4.15. The summed E-state index contributed by atoms with van der Waals surface area (Å²) >= 11 is 0. The van der Waals surface area contributed by atoms with Gasteiger partial charge in [0.15, 0.2) is 23.3 Å². The number of amides is 2. The van der Waals surface area contributed by atoms with Crippen molar-refractivity contribution in [2.45, 2.75) is 25.7 Å². The first-order valence-corrected chi connectivity index (χ1v) is 6.64. The van der Waals surface area contributed by atoms with Crippen LogP contribution in [0, 0.1) is 35.1 Å². The maximum Gasteiger partial charge on any atom is 0.237 e. The van der Waals surface area contributed by atoms with Gasteiger partial charge in [0.1, 0.15) is 5.69 Å². The Bertz CT molecular complexity index is 622. The second-order valence-corrected chi connectivity index (χ2v) is 5.33. The lowest BCUT2D eigenvalue weighted by Crippen LogP contribution is -2.33. The van der Waals surface area contributed by atoms with Gasteiger partial charge in [-0.05, 0) is 12.8 Å². The highest BCUT2D eigenvalue weighted by molar-refractivity contribution is 6.22. The first-order chi connectivity index (χ1) is 9.93. The number of rotatable bonds is 1. The molecule has 1 aliphatic heterocycles. The van der Waals surface area contributed by atoms with Crippen molar-refractivity contribution in [3.63, 3.8) is 0 Å². The van der Waals surface area contributed by atoms with E-state index in [2.05, 4.69) is 0 Å². The van der Waals surface area contributed by atoms with Crippen molar-refractivity contribution in [3.8, 4) is 0 Å². The lowest BCUT2D eigenvalue weighted by Gasteiger charge is -2.19. The Morgan fingerprint density at radius 1 is 0.857 bits per heavy atom. The zero-order chi connectivity index (χ0) is 15.3. The minimum Gasteiger partial charge on any atom is -0.274 e. The molecule has 0 aromatic heterocycles. The average Bonchev–Trinajstić information content (AvgIpc) is 2.71. The predicted octanol–water partition coefficient (Wildman–Crippen LogP) is 2.92. The van der Waals surface area contributed by atoms with Crippen molar-refractivity contribution in [2.24, 2.45) is 11.8 Å². The SMILES string of the molecule is O=C1C2CCCCC2C(=O)N1c1c(F)cc(F)c(F)c1F. The summed E-state index contributed by atoms with van der Waals surface area (Å²) in [6.07, 6.45) is 2.41. The molecule has 1 saturated heterocycles. The number of carbonyl (C=O) groups is 2. The molecule has 21 heavy (non-hydrogen) atoms. The van der Waals surface area contributed by atoms with Gasteiger partial charge in [0.2, 0.25) is 11.8 Å². The summed E-state index contributed by atoms with van der Waals surface area (Å²) in [7, 11) is 0. The number of benzene rings is 1. The van der Waals surface area contributed by atoms with Crippen molar-refractivity contribution in [1.82, 2.24) is 0 Å². The van der Waals surface area contributed by atoms with Crippen LogP contribution in [0.5, 0.6) is 0 Å². The molecule has 1 heterocycles. The number of carbonyl (C=O) groups excluding carboxylic acids is 2. The molecule has 1 aromatic carbocycles. The van der Waals surface area contributed by atoms with Crippen LogP contribution in [0.4, 0.5) is 23.2 Å². The lowest BCUT2D eigenvalue weighted by molar-refractivity contribution is -0.122. The summed E-state index contributed by atoms with van der Waals surface area (Å²) < 4.78 is 53.8. The van der Waals surface area contributed by atoms with Gasteiger partial charge in [-0.25, -0.2) is 22.5 Å². The Labute approximate surface area is 117 Å². The third kappa shape index (κ3) is 1.94. The number of fused-ring (bicyclic) bond motifs is 1. The molecule has 7 heteroatoms. The molecule has 1 saturated carbocycles. The summed E-state index contributed by atoms with van der Waals surface area (Å²) in [4.78, 5) is 24.8. The van der Waals surface area contributed by atoms with Crippen LogP contribution in [-0.4, -0.2) is 11.8 Å². The molecule has 1 aromatic rings. The predicted molar refractivity (Wildman–Crippen MR) is 64.2 cm³/mol. The van der Waals surface area contributed by atoms with Crippen LogP contribution in [0.15, 0.2) is 6.07 Å². The molecule has 1 aliphatic carbocycles. The molecule has 2 fully saturated rings. The van der Waals surface area contributed by atoms with Gasteiger partial charge in [0, 0.05) is 6.07 Å². The summed E-state index contributed by atoms with van der Waals surface area (Å²) in [5.74, 6) is -9.66. The molecular formula is C14H11F4NO2. The van der Waals surface area contributed by atoms with E-state index >= 15 is 0 Å². The fraction of sp³-hybridized carbons (Fsp3) is 0.429. The van der Waals surface area contributed by atoms with E-state index in [0.29, 0.717) is 17.7 Å². The minimum absolute atomic E-state index is 0.135. The van der Waals surface area contributed by atoms with Crippen LogP contribution < -0.4 is 4.90 Å². The molecule has 3 nitrogen and oxygen atoms in total. The molecule has 2 atom stereocenters. The van der Waals surface area contributed by atoms with Gasteiger partial charge in [-0.2, -0.15) is 0 Å². The van der Waals surface area contributed by atoms with Crippen LogP contribution in [0.1, 0.15) is 25.7 Å². The molecule has 0 spiro atoms.